The summed E-state index contributed by atoms with van der Waals surface area (Å²) < 4.78 is 5.73. The molecule has 122 valence electrons. The SMILES string of the molecule is CC(CNC(=O)CCC1CCNCC1)Oc1cccc(Cl)c1. The number of nitrogens with one attached hydrogen (secondary N) is 2. The highest BCUT2D eigenvalue weighted by Crippen LogP contribution is 2.19. The number of halogens is 1. The molecule has 5 heteroatoms. The van der Waals surface area contributed by atoms with Gasteiger partial charge in [-0.3, -0.25) is 4.79 Å². The lowest BCUT2D eigenvalue weighted by Crippen LogP contribution is -2.34. The summed E-state index contributed by atoms with van der Waals surface area (Å²) in [5, 5.41) is 6.94. The predicted molar refractivity (Wildman–Crippen MR) is 89.4 cm³/mol. The van der Waals surface area contributed by atoms with E-state index in [-0.39, 0.29) is 12.0 Å². The number of amides is 1. The van der Waals surface area contributed by atoms with Crippen LogP contribution < -0.4 is 15.4 Å². The summed E-state index contributed by atoms with van der Waals surface area (Å²) in [4.78, 5) is 11.9. The van der Waals surface area contributed by atoms with Crippen LogP contribution in [0.4, 0.5) is 0 Å². The molecule has 1 atom stereocenters. The van der Waals surface area contributed by atoms with Gasteiger partial charge in [0.05, 0.1) is 6.54 Å². The topological polar surface area (TPSA) is 50.4 Å². The van der Waals surface area contributed by atoms with Crippen LogP contribution in [0.5, 0.6) is 5.75 Å². The molecule has 0 spiro atoms. The minimum atomic E-state index is -0.0821. The average Bonchev–Trinajstić information content (AvgIpc) is 2.52. The third-order valence-electron chi connectivity index (χ3n) is 3.96. The van der Waals surface area contributed by atoms with Gasteiger partial charge in [-0.2, -0.15) is 0 Å². The van der Waals surface area contributed by atoms with E-state index in [0.717, 1.165) is 25.3 Å². The minimum absolute atomic E-state index is 0.0821. The van der Waals surface area contributed by atoms with Crippen molar-refractivity contribution < 1.29 is 9.53 Å². The minimum Gasteiger partial charge on any atom is -0.489 e. The van der Waals surface area contributed by atoms with Crippen molar-refractivity contribution in [2.24, 2.45) is 5.92 Å². The smallest absolute Gasteiger partial charge is 0.220 e. The van der Waals surface area contributed by atoms with E-state index in [1.165, 1.54) is 12.8 Å². The van der Waals surface area contributed by atoms with Crippen LogP contribution >= 0.6 is 11.6 Å². The van der Waals surface area contributed by atoms with Gasteiger partial charge in [0.2, 0.25) is 5.91 Å². The molecule has 1 saturated heterocycles. The van der Waals surface area contributed by atoms with E-state index < -0.39 is 0 Å². The van der Waals surface area contributed by atoms with Crippen LogP contribution in [0.3, 0.4) is 0 Å². The Morgan fingerprint density at radius 2 is 2.23 bits per heavy atom. The van der Waals surface area contributed by atoms with Gasteiger partial charge in [0.1, 0.15) is 11.9 Å². The Morgan fingerprint density at radius 3 is 2.95 bits per heavy atom. The summed E-state index contributed by atoms with van der Waals surface area (Å²) in [6.07, 6.45) is 3.87. The maximum absolute atomic E-state index is 11.9. The predicted octanol–water partition coefficient (Wildman–Crippen LogP) is 3.00. The van der Waals surface area contributed by atoms with Gasteiger partial charge in [0.25, 0.3) is 0 Å². The molecule has 0 bridgehead atoms. The lowest BCUT2D eigenvalue weighted by molar-refractivity contribution is -0.121. The van der Waals surface area contributed by atoms with E-state index >= 15 is 0 Å². The van der Waals surface area contributed by atoms with Gasteiger partial charge in [-0.25, -0.2) is 0 Å². The van der Waals surface area contributed by atoms with Crippen LogP contribution in [-0.2, 0) is 4.79 Å². The third-order valence-corrected chi connectivity index (χ3v) is 4.19. The van der Waals surface area contributed by atoms with Crippen molar-refractivity contribution in [3.05, 3.63) is 29.3 Å². The molecular formula is C17H25ClN2O2. The quantitative estimate of drug-likeness (QED) is 0.810. The monoisotopic (exact) mass is 324 g/mol. The van der Waals surface area contributed by atoms with Crippen LogP contribution in [0, 0.1) is 5.92 Å². The Bertz CT molecular complexity index is 475. The fourth-order valence-corrected chi connectivity index (χ4v) is 2.85. The van der Waals surface area contributed by atoms with Crippen molar-refractivity contribution in [2.45, 2.75) is 38.7 Å². The van der Waals surface area contributed by atoms with Gasteiger partial charge < -0.3 is 15.4 Å². The van der Waals surface area contributed by atoms with Gasteiger partial charge in [-0.1, -0.05) is 17.7 Å². The molecule has 2 N–H and O–H groups in total. The van der Waals surface area contributed by atoms with Crippen molar-refractivity contribution in [3.63, 3.8) is 0 Å². The maximum atomic E-state index is 11.9. The van der Waals surface area contributed by atoms with Gasteiger partial charge in [-0.05, 0) is 63.4 Å². The summed E-state index contributed by atoms with van der Waals surface area (Å²) in [7, 11) is 0. The molecule has 1 aliphatic heterocycles. The number of carbonyl (C=O) groups excluding carboxylic acids is 1. The zero-order valence-corrected chi connectivity index (χ0v) is 13.9. The van der Waals surface area contributed by atoms with Crippen molar-refractivity contribution in [1.29, 1.82) is 0 Å². The molecule has 4 nitrogen and oxygen atoms in total. The molecule has 22 heavy (non-hydrogen) atoms. The first kappa shape index (κ1) is 17.1. The normalized spacial score (nSPS) is 17.0. The summed E-state index contributed by atoms with van der Waals surface area (Å²) in [6, 6.07) is 7.29. The largest absolute Gasteiger partial charge is 0.489 e. The van der Waals surface area contributed by atoms with Crippen LogP contribution in [0.1, 0.15) is 32.6 Å². The fourth-order valence-electron chi connectivity index (χ4n) is 2.67. The molecule has 0 radical (unpaired) electrons. The second-order valence-electron chi connectivity index (χ2n) is 5.92. The second-order valence-corrected chi connectivity index (χ2v) is 6.36. The number of hydrogen-bond donors (Lipinski definition) is 2. The maximum Gasteiger partial charge on any atom is 0.220 e. The Morgan fingerprint density at radius 1 is 1.45 bits per heavy atom. The van der Waals surface area contributed by atoms with Crippen molar-refractivity contribution in [2.75, 3.05) is 19.6 Å². The van der Waals surface area contributed by atoms with Crippen LogP contribution in [0.25, 0.3) is 0 Å². The molecule has 0 aromatic heterocycles. The number of rotatable bonds is 7. The Labute approximate surface area is 137 Å². The number of ether oxygens (including phenoxy) is 1. The molecule has 1 aromatic rings. The Kier molecular flexibility index (Phi) is 7.00. The van der Waals surface area contributed by atoms with E-state index in [1.807, 2.05) is 25.1 Å². The number of carbonyl (C=O) groups is 1. The first-order chi connectivity index (χ1) is 10.6. The summed E-state index contributed by atoms with van der Waals surface area (Å²) in [5.74, 6) is 1.52. The lowest BCUT2D eigenvalue weighted by atomic mass is 9.93. The lowest BCUT2D eigenvalue weighted by Gasteiger charge is -2.22. The molecule has 1 heterocycles. The van der Waals surface area contributed by atoms with E-state index in [0.29, 0.717) is 23.9 Å². The second kappa shape index (κ2) is 9.01. The summed E-state index contributed by atoms with van der Waals surface area (Å²) in [5.41, 5.74) is 0. The number of hydrogen-bond acceptors (Lipinski definition) is 3. The molecule has 1 fully saturated rings. The molecule has 0 aliphatic carbocycles. The molecule has 1 amide bonds. The molecule has 2 rings (SSSR count). The van der Waals surface area contributed by atoms with Gasteiger partial charge in [-0.15, -0.1) is 0 Å². The summed E-state index contributed by atoms with van der Waals surface area (Å²) >= 11 is 5.92. The van der Waals surface area contributed by atoms with E-state index in [2.05, 4.69) is 10.6 Å². The number of benzene rings is 1. The summed E-state index contributed by atoms with van der Waals surface area (Å²) in [6.45, 7) is 4.61. The van der Waals surface area contributed by atoms with Crippen molar-refractivity contribution in [1.82, 2.24) is 10.6 Å². The zero-order valence-electron chi connectivity index (χ0n) is 13.1. The van der Waals surface area contributed by atoms with Crippen molar-refractivity contribution >= 4 is 17.5 Å². The van der Waals surface area contributed by atoms with Crippen LogP contribution in [0.15, 0.2) is 24.3 Å². The third kappa shape index (κ3) is 6.24. The molecule has 0 saturated carbocycles. The zero-order chi connectivity index (χ0) is 15.8. The van der Waals surface area contributed by atoms with Crippen LogP contribution in [0.2, 0.25) is 5.02 Å². The first-order valence-corrected chi connectivity index (χ1v) is 8.41. The van der Waals surface area contributed by atoms with E-state index in [1.54, 1.807) is 6.07 Å². The number of piperidine rings is 1. The average molecular weight is 325 g/mol. The fraction of sp³-hybridized carbons (Fsp3) is 0.588. The Balaban J connectivity index is 1.62. The highest BCUT2D eigenvalue weighted by molar-refractivity contribution is 6.30. The standard InChI is InChI=1S/C17H25ClN2O2/c1-13(22-16-4-2-3-15(18)11-16)12-20-17(21)6-5-14-7-9-19-10-8-14/h2-4,11,13-14,19H,5-10,12H2,1H3,(H,20,21). The highest BCUT2D eigenvalue weighted by Gasteiger charge is 2.15. The molecule has 1 aliphatic rings. The molecule has 1 aromatic carbocycles. The molecule has 1 unspecified atom stereocenters. The Hall–Kier alpha value is -1.26. The van der Waals surface area contributed by atoms with E-state index in [9.17, 15) is 4.79 Å². The van der Waals surface area contributed by atoms with Gasteiger partial charge in [0, 0.05) is 11.4 Å². The van der Waals surface area contributed by atoms with Gasteiger partial charge in [0.15, 0.2) is 0 Å². The van der Waals surface area contributed by atoms with Crippen molar-refractivity contribution in [3.8, 4) is 5.75 Å². The molecular weight excluding hydrogens is 300 g/mol. The van der Waals surface area contributed by atoms with Crippen LogP contribution in [-0.4, -0.2) is 31.6 Å². The first-order valence-electron chi connectivity index (χ1n) is 8.03. The highest BCUT2D eigenvalue weighted by atomic mass is 35.5. The van der Waals surface area contributed by atoms with E-state index in [4.69, 9.17) is 16.3 Å². The van der Waals surface area contributed by atoms with Gasteiger partial charge >= 0.3 is 0 Å².